The molecule has 0 aliphatic heterocycles. The molecule has 2 N–H and O–H groups in total. The van der Waals surface area contributed by atoms with Crippen LogP contribution >= 0.6 is 0 Å². The topological polar surface area (TPSA) is 39.2 Å². The molecule has 0 radical (unpaired) electrons. The van der Waals surface area contributed by atoms with Gasteiger partial charge < -0.3 is 10.2 Å². The highest BCUT2D eigenvalue weighted by Gasteiger charge is 2.31. The molecule has 1 saturated carbocycles. The Bertz CT molecular complexity index is 592. The highest BCUT2D eigenvalue weighted by atomic mass is 19.1. The minimum atomic E-state index is -0.289. The number of hydrogen-bond donors (Lipinski definition) is 1. The zero-order valence-electron chi connectivity index (χ0n) is 11.9. The van der Waals surface area contributed by atoms with E-state index in [1.807, 2.05) is 12.1 Å². The van der Waals surface area contributed by atoms with E-state index in [0.29, 0.717) is 5.58 Å². The first-order valence-electron chi connectivity index (χ1n) is 7.62. The average Bonchev–Trinajstić information content (AvgIpc) is 2.86. The monoisotopic (exact) mass is 275 g/mol. The summed E-state index contributed by atoms with van der Waals surface area (Å²) in [5.41, 5.74) is 6.64. The maximum atomic E-state index is 13.7. The quantitative estimate of drug-likeness (QED) is 0.890. The second-order valence-electron chi connectivity index (χ2n) is 6.05. The Morgan fingerprint density at radius 2 is 2.20 bits per heavy atom. The van der Waals surface area contributed by atoms with Crippen molar-refractivity contribution in [1.29, 1.82) is 0 Å². The number of furan rings is 1. The van der Waals surface area contributed by atoms with Crippen molar-refractivity contribution in [3.8, 4) is 0 Å². The number of rotatable bonds is 3. The summed E-state index contributed by atoms with van der Waals surface area (Å²) in [6.45, 7) is 2.22. The van der Waals surface area contributed by atoms with Crippen LogP contribution < -0.4 is 5.73 Å². The summed E-state index contributed by atoms with van der Waals surface area (Å²) in [7, 11) is 0. The Labute approximate surface area is 119 Å². The van der Waals surface area contributed by atoms with E-state index in [-0.39, 0.29) is 17.8 Å². The van der Waals surface area contributed by atoms with Gasteiger partial charge in [-0.3, -0.25) is 0 Å². The maximum absolute atomic E-state index is 13.7. The summed E-state index contributed by atoms with van der Waals surface area (Å²) in [4.78, 5) is 0. The fourth-order valence-corrected chi connectivity index (χ4v) is 3.51. The average molecular weight is 275 g/mol. The molecule has 1 aliphatic carbocycles. The van der Waals surface area contributed by atoms with Gasteiger partial charge in [-0.1, -0.05) is 31.9 Å². The molecule has 2 nitrogen and oxygen atoms in total. The second kappa shape index (κ2) is 5.57. The smallest absolute Gasteiger partial charge is 0.169 e. The number of fused-ring (bicyclic) bond motifs is 1. The Morgan fingerprint density at radius 3 is 2.95 bits per heavy atom. The van der Waals surface area contributed by atoms with Crippen LogP contribution in [0.5, 0.6) is 0 Å². The van der Waals surface area contributed by atoms with Gasteiger partial charge in [0, 0.05) is 17.3 Å². The molecule has 3 unspecified atom stereocenters. The van der Waals surface area contributed by atoms with E-state index in [4.69, 9.17) is 10.2 Å². The lowest BCUT2D eigenvalue weighted by Gasteiger charge is -2.32. The molecule has 0 saturated heterocycles. The lowest BCUT2D eigenvalue weighted by Crippen LogP contribution is -2.34. The molecular weight excluding hydrogens is 253 g/mol. The van der Waals surface area contributed by atoms with E-state index in [0.717, 1.165) is 29.9 Å². The van der Waals surface area contributed by atoms with E-state index >= 15 is 0 Å². The van der Waals surface area contributed by atoms with Crippen LogP contribution in [0.25, 0.3) is 11.0 Å². The molecule has 3 heteroatoms. The summed E-state index contributed by atoms with van der Waals surface area (Å²) >= 11 is 0. The van der Waals surface area contributed by atoms with Crippen molar-refractivity contribution < 1.29 is 8.81 Å². The molecule has 3 atom stereocenters. The molecule has 108 valence electrons. The van der Waals surface area contributed by atoms with Gasteiger partial charge in [0.15, 0.2) is 11.4 Å². The fraction of sp³-hybridized carbons (Fsp3) is 0.529. The van der Waals surface area contributed by atoms with Gasteiger partial charge in [-0.25, -0.2) is 4.39 Å². The molecule has 1 fully saturated rings. The molecule has 1 heterocycles. The SMILES string of the molecule is CCCC1CCC(N)C(c2cc3cccc(F)c3o2)C1. The molecule has 1 aromatic heterocycles. The highest BCUT2D eigenvalue weighted by molar-refractivity contribution is 5.78. The normalized spacial score (nSPS) is 27.1. The van der Waals surface area contributed by atoms with Crippen molar-refractivity contribution in [2.24, 2.45) is 11.7 Å². The molecule has 20 heavy (non-hydrogen) atoms. The lowest BCUT2D eigenvalue weighted by atomic mass is 9.75. The molecule has 0 amide bonds. The Kier molecular flexibility index (Phi) is 3.79. The van der Waals surface area contributed by atoms with Gasteiger partial charge in [0.05, 0.1) is 0 Å². The molecular formula is C17H22FNO. The molecule has 0 spiro atoms. The standard InChI is InChI=1S/C17H22FNO/c1-2-4-11-7-8-15(19)13(9-11)16-10-12-5-3-6-14(18)17(12)20-16/h3,5-6,10-11,13,15H,2,4,7-9,19H2,1H3. The Morgan fingerprint density at radius 1 is 1.35 bits per heavy atom. The van der Waals surface area contributed by atoms with Crippen LogP contribution in [0.3, 0.4) is 0 Å². The predicted molar refractivity (Wildman–Crippen MR) is 79.1 cm³/mol. The second-order valence-corrected chi connectivity index (χ2v) is 6.05. The predicted octanol–water partition coefficient (Wildman–Crippen LogP) is 4.58. The number of halogens is 1. The van der Waals surface area contributed by atoms with E-state index in [2.05, 4.69) is 6.92 Å². The van der Waals surface area contributed by atoms with Crippen LogP contribution in [0.15, 0.2) is 28.7 Å². The molecule has 0 bridgehead atoms. The van der Waals surface area contributed by atoms with Crippen molar-refractivity contribution in [2.75, 3.05) is 0 Å². The lowest BCUT2D eigenvalue weighted by molar-refractivity contribution is 0.253. The van der Waals surface area contributed by atoms with Crippen LogP contribution in [0.4, 0.5) is 4.39 Å². The summed E-state index contributed by atoms with van der Waals surface area (Å²) < 4.78 is 19.5. The van der Waals surface area contributed by atoms with E-state index in [1.165, 1.54) is 25.3 Å². The van der Waals surface area contributed by atoms with Gasteiger partial charge in [0.25, 0.3) is 0 Å². The minimum absolute atomic E-state index is 0.131. The molecule has 1 aromatic carbocycles. The van der Waals surface area contributed by atoms with Crippen LogP contribution in [0.2, 0.25) is 0 Å². The third-order valence-electron chi connectivity index (χ3n) is 4.59. The van der Waals surface area contributed by atoms with Crippen molar-refractivity contribution in [1.82, 2.24) is 0 Å². The van der Waals surface area contributed by atoms with Gasteiger partial charge in [-0.05, 0) is 37.3 Å². The van der Waals surface area contributed by atoms with Gasteiger partial charge in [-0.15, -0.1) is 0 Å². The van der Waals surface area contributed by atoms with E-state index in [1.54, 1.807) is 6.07 Å². The summed E-state index contributed by atoms with van der Waals surface area (Å²) in [6.07, 6.45) is 5.77. The minimum Gasteiger partial charge on any atom is -0.458 e. The highest BCUT2D eigenvalue weighted by Crippen LogP contribution is 2.39. The van der Waals surface area contributed by atoms with Crippen molar-refractivity contribution in [3.05, 3.63) is 35.8 Å². The third-order valence-corrected chi connectivity index (χ3v) is 4.59. The summed E-state index contributed by atoms with van der Waals surface area (Å²) in [5, 5.41) is 0.838. The molecule has 1 aliphatic rings. The number of para-hydroxylation sites is 1. The summed E-state index contributed by atoms with van der Waals surface area (Å²) in [5.74, 6) is 1.52. The third kappa shape index (κ3) is 2.47. The van der Waals surface area contributed by atoms with E-state index < -0.39 is 0 Å². The number of hydrogen-bond acceptors (Lipinski definition) is 2. The van der Waals surface area contributed by atoms with Crippen LogP contribution in [0, 0.1) is 11.7 Å². The van der Waals surface area contributed by atoms with Crippen LogP contribution in [0.1, 0.15) is 50.7 Å². The van der Waals surface area contributed by atoms with Gasteiger partial charge in [0.2, 0.25) is 0 Å². The molecule has 3 rings (SSSR count). The van der Waals surface area contributed by atoms with E-state index in [9.17, 15) is 4.39 Å². The summed E-state index contributed by atoms with van der Waals surface area (Å²) in [6, 6.07) is 7.15. The molecule has 2 aromatic rings. The maximum Gasteiger partial charge on any atom is 0.169 e. The Balaban J connectivity index is 1.90. The first-order valence-corrected chi connectivity index (χ1v) is 7.62. The van der Waals surface area contributed by atoms with Crippen LogP contribution in [-0.2, 0) is 0 Å². The van der Waals surface area contributed by atoms with Gasteiger partial charge >= 0.3 is 0 Å². The van der Waals surface area contributed by atoms with Crippen molar-refractivity contribution in [2.45, 2.75) is 51.0 Å². The first-order chi connectivity index (χ1) is 9.69. The number of benzene rings is 1. The largest absolute Gasteiger partial charge is 0.458 e. The Hall–Kier alpha value is -1.35. The van der Waals surface area contributed by atoms with Gasteiger partial charge in [0.1, 0.15) is 5.76 Å². The van der Waals surface area contributed by atoms with Crippen molar-refractivity contribution in [3.63, 3.8) is 0 Å². The first kappa shape index (κ1) is 13.6. The zero-order chi connectivity index (χ0) is 14.1. The van der Waals surface area contributed by atoms with Crippen molar-refractivity contribution >= 4 is 11.0 Å². The fourth-order valence-electron chi connectivity index (χ4n) is 3.51. The van der Waals surface area contributed by atoms with Gasteiger partial charge in [-0.2, -0.15) is 0 Å². The van der Waals surface area contributed by atoms with Crippen LogP contribution in [-0.4, -0.2) is 6.04 Å². The number of nitrogens with two attached hydrogens (primary N) is 1. The zero-order valence-corrected chi connectivity index (χ0v) is 11.9.